The van der Waals surface area contributed by atoms with Crippen molar-refractivity contribution in [2.24, 2.45) is 0 Å². The second kappa shape index (κ2) is 6.96. The van der Waals surface area contributed by atoms with Gasteiger partial charge >= 0.3 is 0 Å². The molecule has 0 spiro atoms. The van der Waals surface area contributed by atoms with Crippen LogP contribution in [0.15, 0.2) is 18.5 Å². The smallest absolute Gasteiger partial charge is 0.0306 e. The molecule has 1 rings (SSSR count). The number of nitrogens with one attached hydrogen (secondary N) is 1. The molecule has 0 saturated carbocycles. The molecule has 0 fully saturated rings. The molecule has 0 saturated heterocycles. The number of aromatic nitrogens is 1. The molecular formula is C12H22N2S. The van der Waals surface area contributed by atoms with E-state index in [0.29, 0.717) is 6.04 Å². The molecule has 15 heavy (non-hydrogen) atoms. The number of aryl methyl sites for hydroxylation is 1. The molecule has 0 radical (unpaired) electrons. The zero-order valence-corrected chi connectivity index (χ0v) is 10.8. The number of nitrogens with zero attached hydrogens (tertiary/aromatic N) is 1. The summed E-state index contributed by atoms with van der Waals surface area (Å²) in [4.78, 5) is 0. The fraction of sp³-hybridized carbons (Fsp3) is 0.667. The van der Waals surface area contributed by atoms with Gasteiger partial charge in [0.1, 0.15) is 0 Å². The molecule has 0 bridgehead atoms. The highest BCUT2D eigenvalue weighted by atomic mass is 32.2. The molecule has 86 valence electrons. The van der Waals surface area contributed by atoms with Crippen LogP contribution in [0.5, 0.6) is 0 Å². The molecule has 0 aliphatic carbocycles. The third-order valence-electron chi connectivity index (χ3n) is 2.55. The van der Waals surface area contributed by atoms with E-state index in [1.54, 1.807) is 0 Å². The molecule has 1 heterocycles. The van der Waals surface area contributed by atoms with Gasteiger partial charge in [-0.15, -0.1) is 0 Å². The van der Waals surface area contributed by atoms with Crippen molar-refractivity contribution in [1.82, 2.24) is 9.88 Å². The Labute approximate surface area is 97.4 Å². The van der Waals surface area contributed by atoms with Crippen LogP contribution < -0.4 is 5.32 Å². The van der Waals surface area contributed by atoms with E-state index in [-0.39, 0.29) is 0 Å². The van der Waals surface area contributed by atoms with E-state index in [9.17, 15) is 0 Å². The average Bonchev–Trinajstić information content (AvgIpc) is 2.67. The normalized spacial score (nSPS) is 13.0. The Kier molecular flexibility index (Phi) is 5.88. The van der Waals surface area contributed by atoms with E-state index in [1.165, 1.54) is 17.7 Å². The van der Waals surface area contributed by atoms with E-state index in [2.05, 4.69) is 48.4 Å². The first-order chi connectivity index (χ1) is 7.27. The third-order valence-corrected chi connectivity index (χ3v) is 3.25. The average molecular weight is 226 g/mol. The van der Waals surface area contributed by atoms with E-state index >= 15 is 0 Å². The van der Waals surface area contributed by atoms with Gasteiger partial charge < -0.3 is 9.88 Å². The van der Waals surface area contributed by atoms with Crippen LogP contribution in [0.1, 0.15) is 31.9 Å². The Morgan fingerprint density at radius 3 is 3.00 bits per heavy atom. The molecule has 0 aromatic carbocycles. The molecule has 1 atom stereocenters. The lowest BCUT2D eigenvalue weighted by Gasteiger charge is -2.09. The van der Waals surface area contributed by atoms with Crippen LogP contribution in [0.3, 0.4) is 0 Å². The molecule has 1 aromatic heterocycles. The van der Waals surface area contributed by atoms with Crippen molar-refractivity contribution in [3.63, 3.8) is 0 Å². The van der Waals surface area contributed by atoms with Crippen LogP contribution in [0.2, 0.25) is 0 Å². The van der Waals surface area contributed by atoms with Crippen molar-refractivity contribution >= 4 is 11.8 Å². The summed E-state index contributed by atoms with van der Waals surface area (Å²) < 4.78 is 2.29. The summed E-state index contributed by atoms with van der Waals surface area (Å²) in [6.07, 6.45) is 7.86. The zero-order valence-electron chi connectivity index (χ0n) is 9.99. The zero-order chi connectivity index (χ0) is 11.1. The fourth-order valence-electron chi connectivity index (χ4n) is 1.67. The lowest BCUT2D eigenvalue weighted by Crippen LogP contribution is -2.17. The third kappa shape index (κ3) is 4.31. The van der Waals surface area contributed by atoms with Crippen LogP contribution >= 0.6 is 11.8 Å². The maximum atomic E-state index is 3.42. The maximum absolute atomic E-state index is 3.42. The Morgan fingerprint density at radius 2 is 2.33 bits per heavy atom. The van der Waals surface area contributed by atoms with Gasteiger partial charge in [0.2, 0.25) is 0 Å². The van der Waals surface area contributed by atoms with Crippen molar-refractivity contribution < 1.29 is 0 Å². The lowest BCUT2D eigenvalue weighted by molar-refractivity contribution is 0.594. The highest BCUT2D eigenvalue weighted by molar-refractivity contribution is 7.98. The van der Waals surface area contributed by atoms with Gasteiger partial charge in [0.05, 0.1) is 0 Å². The van der Waals surface area contributed by atoms with Crippen molar-refractivity contribution in [1.29, 1.82) is 0 Å². The Bertz CT molecular complexity index is 270. The first-order valence-corrected chi connectivity index (χ1v) is 7.05. The van der Waals surface area contributed by atoms with Gasteiger partial charge in [-0.05, 0) is 43.5 Å². The highest BCUT2D eigenvalue weighted by Gasteiger charge is 2.04. The molecule has 0 aliphatic heterocycles. The summed E-state index contributed by atoms with van der Waals surface area (Å²) in [7, 11) is 0. The molecular weight excluding hydrogens is 204 g/mol. The second-order valence-electron chi connectivity index (χ2n) is 3.81. The van der Waals surface area contributed by atoms with Crippen molar-refractivity contribution in [2.75, 3.05) is 18.6 Å². The number of hydrogen-bond donors (Lipinski definition) is 1. The van der Waals surface area contributed by atoms with Crippen LogP contribution in [-0.2, 0) is 6.54 Å². The molecule has 2 nitrogen and oxygen atoms in total. The molecule has 1 aromatic rings. The monoisotopic (exact) mass is 226 g/mol. The predicted octanol–water partition coefficient (Wildman–Crippen LogP) is 2.91. The van der Waals surface area contributed by atoms with Crippen LogP contribution in [0, 0.1) is 0 Å². The van der Waals surface area contributed by atoms with Gasteiger partial charge in [-0.1, -0.05) is 6.92 Å². The maximum Gasteiger partial charge on any atom is 0.0306 e. The predicted molar refractivity (Wildman–Crippen MR) is 69.5 cm³/mol. The standard InChI is InChI=1S/C12H22N2S/c1-4-13-11(2)12-6-8-14(10-12)7-5-9-15-3/h6,8,10-11,13H,4-5,7,9H2,1-3H3. The van der Waals surface area contributed by atoms with E-state index in [0.717, 1.165) is 13.1 Å². The van der Waals surface area contributed by atoms with Crippen molar-refractivity contribution in [3.05, 3.63) is 24.0 Å². The van der Waals surface area contributed by atoms with Gasteiger partial charge in [-0.2, -0.15) is 11.8 Å². The summed E-state index contributed by atoms with van der Waals surface area (Å²) in [6.45, 7) is 6.52. The van der Waals surface area contributed by atoms with Gasteiger partial charge in [-0.3, -0.25) is 0 Å². The van der Waals surface area contributed by atoms with Crippen LogP contribution in [-0.4, -0.2) is 23.1 Å². The minimum Gasteiger partial charge on any atom is -0.354 e. The summed E-state index contributed by atoms with van der Waals surface area (Å²) in [6, 6.07) is 2.68. The number of hydrogen-bond acceptors (Lipinski definition) is 2. The van der Waals surface area contributed by atoms with Gasteiger partial charge in [0.15, 0.2) is 0 Å². The van der Waals surface area contributed by atoms with Gasteiger partial charge in [0.25, 0.3) is 0 Å². The second-order valence-corrected chi connectivity index (χ2v) is 4.79. The minimum absolute atomic E-state index is 0.469. The largest absolute Gasteiger partial charge is 0.354 e. The van der Waals surface area contributed by atoms with E-state index in [4.69, 9.17) is 0 Å². The van der Waals surface area contributed by atoms with Gasteiger partial charge in [0, 0.05) is 25.0 Å². The fourth-order valence-corrected chi connectivity index (χ4v) is 2.09. The quantitative estimate of drug-likeness (QED) is 0.720. The first kappa shape index (κ1) is 12.7. The topological polar surface area (TPSA) is 17.0 Å². The van der Waals surface area contributed by atoms with Crippen LogP contribution in [0.25, 0.3) is 0 Å². The summed E-state index contributed by atoms with van der Waals surface area (Å²) in [5.74, 6) is 1.25. The Balaban J connectivity index is 2.41. The Morgan fingerprint density at radius 1 is 1.53 bits per heavy atom. The summed E-state index contributed by atoms with van der Waals surface area (Å²) in [5.41, 5.74) is 1.39. The molecule has 1 unspecified atom stereocenters. The first-order valence-electron chi connectivity index (χ1n) is 5.66. The lowest BCUT2D eigenvalue weighted by atomic mass is 10.2. The van der Waals surface area contributed by atoms with Gasteiger partial charge in [-0.25, -0.2) is 0 Å². The van der Waals surface area contributed by atoms with E-state index < -0.39 is 0 Å². The SMILES string of the molecule is CCNC(C)c1ccn(CCCSC)c1. The van der Waals surface area contributed by atoms with Crippen molar-refractivity contribution in [3.8, 4) is 0 Å². The Hall–Kier alpha value is -0.410. The molecule has 0 aliphatic rings. The molecule has 1 N–H and O–H groups in total. The number of thioether (sulfide) groups is 1. The van der Waals surface area contributed by atoms with Crippen molar-refractivity contribution in [2.45, 2.75) is 32.9 Å². The number of rotatable bonds is 7. The van der Waals surface area contributed by atoms with E-state index in [1.807, 2.05) is 11.8 Å². The molecule has 3 heteroatoms. The minimum atomic E-state index is 0.469. The van der Waals surface area contributed by atoms with Crippen LogP contribution in [0.4, 0.5) is 0 Å². The summed E-state index contributed by atoms with van der Waals surface area (Å²) >= 11 is 1.92. The highest BCUT2D eigenvalue weighted by Crippen LogP contribution is 2.12. The molecule has 0 amide bonds. The summed E-state index contributed by atoms with van der Waals surface area (Å²) in [5, 5.41) is 3.42.